The summed E-state index contributed by atoms with van der Waals surface area (Å²) in [5.41, 5.74) is 7.46. The number of hydrogen-bond donors (Lipinski definition) is 2. The smallest absolute Gasteiger partial charge is 0.159 e. The van der Waals surface area contributed by atoms with E-state index in [9.17, 15) is 0 Å². The van der Waals surface area contributed by atoms with Crippen molar-refractivity contribution in [2.75, 3.05) is 43.3 Å². The van der Waals surface area contributed by atoms with E-state index < -0.39 is 0 Å². The first-order chi connectivity index (χ1) is 12.9. The van der Waals surface area contributed by atoms with Crippen LogP contribution in [0.15, 0.2) is 12.1 Å². The van der Waals surface area contributed by atoms with Crippen LogP contribution in [-0.2, 0) is 0 Å². The van der Waals surface area contributed by atoms with Gasteiger partial charge in [0.25, 0.3) is 0 Å². The van der Waals surface area contributed by atoms with E-state index >= 15 is 0 Å². The van der Waals surface area contributed by atoms with Crippen molar-refractivity contribution in [2.24, 2.45) is 0 Å². The Kier molecular flexibility index (Phi) is 7.36. The molecule has 0 atom stereocenters. The number of aryl methyl sites for hydroxylation is 1. The van der Waals surface area contributed by atoms with Crippen molar-refractivity contribution in [1.29, 1.82) is 0 Å². The molecule has 0 fully saturated rings. The maximum atomic E-state index is 6.42. The maximum Gasteiger partial charge on any atom is 0.159 e. The summed E-state index contributed by atoms with van der Waals surface area (Å²) in [4.78, 5) is 11.2. The average molecular weight is 394 g/mol. The van der Waals surface area contributed by atoms with Gasteiger partial charge in [0.15, 0.2) is 11.6 Å². The van der Waals surface area contributed by atoms with E-state index in [-0.39, 0.29) is 0 Å². The number of nitrogen functional groups attached to an aromatic ring is 1. The minimum absolute atomic E-state index is 0.446. The Morgan fingerprint density at radius 3 is 2.52 bits per heavy atom. The summed E-state index contributed by atoms with van der Waals surface area (Å²) in [6, 6.07) is 3.45. The molecule has 0 aliphatic carbocycles. The molecule has 2 aromatic rings. The zero-order chi connectivity index (χ0) is 20.0. The molecule has 0 aliphatic heterocycles. The summed E-state index contributed by atoms with van der Waals surface area (Å²) in [6.45, 7) is 7.79. The average Bonchev–Trinajstić information content (AvgIpc) is 2.66. The molecule has 0 aliphatic rings. The van der Waals surface area contributed by atoms with E-state index in [4.69, 9.17) is 26.8 Å². The van der Waals surface area contributed by atoms with Crippen molar-refractivity contribution in [3.05, 3.63) is 23.0 Å². The van der Waals surface area contributed by atoms with Crippen LogP contribution in [0.3, 0.4) is 0 Å². The molecule has 0 amide bonds. The molecule has 0 saturated heterocycles. The minimum atomic E-state index is 0.446. The molecule has 0 unspecified atom stereocenters. The van der Waals surface area contributed by atoms with Gasteiger partial charge in [-0.15, -0.1) is 0 Å². The van der Waals surface area contributed by atoms with Crippen LogP contribution in [0, 0.1) is 6.92 Å². The third-order valence-corrected chi connectivity index (χ3v) is 4.52. The van der Waals surface area contributed by atoms with Crippen LogP contribution in [0.1, 0.15) is 32.5 Å². The highest BCUT2D eigenvalue weighted by Crippen LogP contribution is 2.40. The van der Waals surface area contributed by atoms with Gasteiger partial charge in [0.05, 0.1) is 19.2 Å². The van der Waals surface area contributed by atoms with Crippen LogP contribution in [0.25, 0.3) is 0 Å². The Morgan fingerprint density at radius 2 is 1.93 bits per heavy atom. The molecular formula is C19H28ClN5O2. The highest BCUT2D eigenvalue weighted by molar-refractivity contribution is 6.34. The Hall–Kier alpha value is -2.41. The molecule has 0 bridgehead atoms. The Bertz CT molecular complexity index is 785. The van der Waals surface area contributed by atoms with Gasteiger partial charge in [-0.25, -0.2) is 9.97 Å². The third-order valence-electron chi connectivity index (χ3n) is 4.23. The number of methoxy groups -OCH3 is 2. The zero-order valence-electron chi connectivity index (χ0n) is 16.6. The lowest BCUT2D eigenvalue weighted by Crippen LogP contribution is -2.26. The lowest BCUT2D eigenvalue weighted by atomic mass is 10.2. The first-order valence-electron chi connectivity index (χ1n) is 9.02. The normalized spacial score (nSPS) is 10.6. The standard InChI is InChI=1S/C19H28ClN5O2/c1-6-8-9-25(7-2)19-16(21)18(22-12(3)23-19)24-17-14(20)10-13(26-4)11-15(17)27-5/h10-11H,6-9,21H2,1-5H3,(H,22,23,24). The van der Waals surface area contributed by atoms with Crippen molar-refractivity contribution >= 4 is 34.6 Å². The molecular weight excluding hydrogens is 366 g/mol. The SMILES string of the molecule is CCCCN(CC)c1nc(C)nc(Nc2c(Cl)cc(OC)cc2OC)c1N. The molecule has 1 aromatic heterocycles. The van der Waals surface area contributed by atoms with Crippen LogP contribution in [0.4, 0.5) is 23.0 Å². The summed E-state index contributed by atoms with van der Waals surface area (Å²) >= 11 is 6.42. The molecule has 1 aromatic carbocycles. The molecule has 3 N–H and O–H groups in total. The summed E-state index contributed by atoms with van der Waals surface area (Å²) in [5.74, 6) is 2.99. The zero-order valence-corrected chi connectivity index (χ0v) is 17.4. The second-order valence-electron chi connectivity index (χ2n) is 6.10. The van der Waals surface area contributed by atoms with Gasteiger partial charge < -0.3 is 25.4 Å². The predicted molar refractivity (Wildman–Crippen MR) is 112 cm³/mol. The van der Waals surface area contributed by atoms with Gasteiger partial charge in [-0.05, 0) is 20.3 Å². The maximum absolute atomic E-state index is 6.42. The number of nitrogens with one attached hydrogen (secondary N) is 1. The van der Waals surface area contributed by atoms with E-state index in [1.807, 2.05) is 6.92 Å². The predicted octanol–water partition coefficient (Wildman–Crippen LogP) is 4.41. The van der Waals surface area contributed by atoms with Crippen LogP contribution in [-0.4, -0.2) is 37.3 Å². The largest absolute Gasteiger partial charge is 0.497 e. The number of hydrogen-bond acceptors (Lipinski definition) is 7. The minimum Gasteiger partial charge on any atom is -0.497 e. The van der Waals surface area contributed by atoms with Crippen molar-refractivity contribution in [2.45, 2.75) is 33.6 Å². The second-order valence-corrected chi connectivity index (χ2v) is 6.51. The first-order valence-corrected chi connectivity index (χ1v) is 9.40. The first kappa shape index (κ1) is 20.9. The van der Waals surface area contributed by atoms with Gasteiger partial charge >= 0.3 is 0 Å². The van der Waals surface area contributed by atoms with E-state index in [1.165, 1.54) is 0 Å². The number of nitrogens with zero attached hydrogens (tertiary/aromatic N) is 3. The van der Waals surface area contributed by atoms with Crippen molar-refractivity contribution in [3.8, 4) is 11.5 Å². The van der Waals surface area contributed by atoms with Gasteiger partial charge in [0.2, 0.25) is 0 Å². The van der Waals surface area contributed by atoms with Crippen molar-refractivity contribution < 1.29 is 9.47 Å². The molecule has 7 nitrogen and oxygen atoms in total. The fourth-order valence-corrected chi connectivity index (χ4v) is 2.99. The topological polar surface area (TPSA) is 85.5 Å². The van der Waals surface area contributed by atoms with E-state index in [0.717, 1.165) is 31.7 Å². The van der Waals surface area contributed by atoms with Gasteiger partial charge in [-0.3, -0.25) is 0 Å². The fraction of sp³-hybridized carbons (Fsp3) is 0.474. The highest BCUT2D eigenvalue weighted by Gasteiger charge is 2.18. The van der Waals surface area contributed by atoms with Gasteiger partial charge in [0.1, 0.15) is 28.7 Å². The van der Waals surface area contributed by atoms with Crippen LogP contribution in [0.5, 0.6) is 11.5 Å². The molecule has 8 heteroatoms. The number of unbranched alkanes of at least 4 members (excludes halogenated alkanes) is 1. The summed E-state index contributed by atoms with van der Waals surface area (Å²) in [5, 5.41) is 3.66. The fourth-order valence-electron chi connectivity index (χ4n) is 2.74. The second kappa shape index (κ2) is 9.50. The summed E-state index contributed by atoms with van der Waals surface area (Å²) in [7, 11) is 3.14. The van der Waals surface area contributed by atoms with E-state index in [0.29, 0.717) is 39.5 Å². The summed E-state index contributed by atoms with van der Waals surface area (Å²) in [6.07, 6.45) is 2.17. The monoisotopic (exact) mass is 393 g/mol. The molecule has 2 rings (SSSR count). The van der Waals surface area contributed by atoms with Crippen LogP contribution in [0.2, 0.25) is 5.02 Å². The van der Waals surface area contributed by atoms with Gasteiger partial charge in [-0.2, -0.15) is 0 Å². The number of anilines is 4. The lowest BCUT2D eigenvalue weighted by Gasteiger charge is -2.25. The van der Waals surface area contributed by atoms with E-state index in [1.54, 1.807) is 26.4 Å². The molecule has 27 heavy (non-hydrogen) atoms. The molecule has 148 valence electrons. The highest BCUT2D eigenvalue weighted by atomic mass is 35.5. The molecule has 0 spiro atoms. The quantitative estimate of drug-likeness (QED) is 0.652. The number of benzene rings is 1. The summed E-state index contributed by atoms with van der Waals surface area (Å²) < 4.78 is 10.7. The Morgan fingerprint density at radius 1 is 1.19 bits per heavy atom. The third kappa shape index (κ3) is 4.86. The van der Waals surface area contributed by atoms with E-state index in [2.05, 4.69) is 34.0 Å². The van der Waals surface area contributed by atoms with Crippen LogP contribution >= 0.6 is 11.6 Å². The number of ether oxygens (including phenoxy) is 2. The number of rotatable bonds is 9. The molecule has 1 heterocycles. The number of aromatic nitrogens is 2. The number of halogens is 1. The van der Waals surface area contributed by atoms with Crippen molar-refractivity contribution in [3.63, 3.8) is 0 Å². The number of nitrogens with two attached hydrogens (primary N) is 1. The molecule has 0 radical (unpaired) electrons. The lowest BCUT2D eigenvalue weighted by molar-refractivity contribution is 0.395. The van der Waals surface area contributed by atoms with Crippen molar-refractivity contribution in [1.82, 2.24) is 9.97 Å². The van der Waals surface area contributed by atoms with Gasteiger partial charge in [-0.1, -0.05) is 24.9 Å². The Balaban J connectivity index is 2.46. The molecule has 0 saturated carbocycles. The van der Waals surface area contributed by atoms with Gasteiger partial charge in [0, 0.05) is 25.2 Å². The van der Waals surface area contributed by atoms with Crippen LogP contribution < -0.4 is 25.4 Å². The Labute approximate surface area is 165 Å².